The first-order valence-corrected chi connectivity index (χ1v) is 13.5. The Balaban J connectivity index is 1.33. The van der Waals surface area contributed by atoms with E-state index in [0.29, 0.717) is 0 Å². The summed E-state index contributed by atoms with van der Waals surface area (Å²) in [6.07, 6.45) is 10.8. The van der Waals surface area contributed by atoms with Gasteiger partial charge >= 0.3 is 0 Å². The molecule has 0 bridgehead atoms. The zero-order valence-corrected chi connectivity index (χ0v) is 20.8. The molecule has 0 heterocycles. The van der Waals surface area contributed by atoms with Crippen LogP contribution in [0.4, 0.5) is 0 Å². The van der Waals surface area contributed by atoms with Gasteiger partial charge in [0.2, 0.25) is 0 Å². The highest BCUT2D eigenvalue weighted by Gasteiger charge is 2.08. The van der Waals surface area contributed by atoms with Crippen LogP contribution in [0.25, 0.3) is 53.9 Å². The SMILES string of the molecule is CCCCCCCCCc1ccc2cc3c(ccc4c5cc6ccccc6cc5ccc34)cc2c1. The van der Waals surface area contributed by atoms with Crippen molar-refractivity contribution >= 4 is 53.9 Å². The largest absolute Gasteiger partial charge is 0.0654 e. The highest BCUT2D eigenvalue weighted by molar-refractivity contribution is 6.20. The minimum atomic E-state index is 1.19. The van der Waals surface area contributed by atoms with Crippen molar-refractivity contribution in [3.8, 4) is 0 Å². The van der Waals surface area contributed by atoms with Crippen LogP contribution in [0, 0.1) is 0 Å². The first-order valence-electron chi connectivity index (χ1n) is 13.5. The second-order valence-corrected chi connectivity index (χ2v) is 10.3. The molecule has 0 spiro atoms. The monoisotopic (exact) mass is 454 g/mol. The van der Waals surface area contributed by atoms with Crippen LogP contribution < -0.4 is 0 Å². The molecule has 0 aliphatic heterocycles. The molecular weight excluding hydrogens is 420 g/mol. The summed E-state index contributed by atoms with van der Waals surface area (Å²) in [7, 11) is 0. The van der Waals surface area contributed by atoms with Crippen molar-refractivity contribution < 1.29 is 0 Å². The molecule has 0 fully saturated rings. The summed E-state index contributed by atoms with van der Waals surface area (Å²) in [5, 5.41) is 13.3. The van der Waals surface area contributed by atoms with Crippen molar-refractivity contribution in [3.63, 3.8) is 0 Å². The Morgan fingerprint density at radius 3 is 1.63 bits per heavy atom. The molecule has 0 nitrogen and oxygen atoms in total. The first-order chi connectivity index (χ1) is 17.3. The molecule has 35 heavy (non-hydrogen) atoms. The molecule has 0 aromatic heterocycles. The van der Waals surface area contributed by atoms with E-state index >= 15 is 0 Å². The number of hydrogen-bond acceptors (Lipinski definition) is 0. The lowest BCUT2D eigenvalue weighted by Gasteiger charge is -2.11. The van der Waals surface area contributed by atoms with Crippen LogP contribution in [-0.2, 0) is 6.42 Å². The van der Waals surface area contributed by atoms with Gasteiger partial charge in [-0.05, 0) is 96.5 Å². The van der Waals surface area contributed by atoms with Gasteiger partial charge < -0.3 is 0 Å². The van der Waals surface area contributed by atoms with E-state index in [4.69, 9.17) is 0 Å². The van der Waals surface area contributed by atoms with E-state index in [-0.39, 0.29) is 0 Å². The van der Waals surface area contributed by atoms with Gasteiger partial charge in [-0.3, -0.25) is 0 Å². The number of rotatable bonds is 8. The van der Waals surface area contributed by atoms with E-state index in [1.807, 2.05) is 0 Å². The van der Waals surface area contributed by atoms with Gasteiger partial charge in [0.15, 0.2) is 0 Å². The van der Waals surface area contributed by atoms with Crippen LogP contribution in [0.3, 0.4) is 0 Å². The Morgan fingerprint density at radius 1 is 0.400 bits per heavy atom. The lowest BCUT2D eigenvalue weighted by atomic mass is 9.93. The third kappa shape index (κ3) is 4.39. The van der Waals surface area contributed by atoms with E-state index < -0.39 is 0 Å². The Bertz CT molecular complexity index is 1650. The first kappa shape index (κ1) is 22.1. The minimum Gasteiger partial charge on any atom is -0.0654 e. The predicted octanol–water partition coefficient (Wildman–Crippen LogP) is 10.7. The molecule has 0 radical (unpaired) electrons. The average Bonchev–Trinajstić information content (AvgIpc) is 2.90. The Morgan fingerprint density at radius 2 is 0.943 bits per heavy atom. The summed E-state index contributed by atoms with van der Waals surface area (Å²) in [5.41, 5.74) is 1.48. The van der Waals surface area contributed by atoms with Crippen LogP contribution in [0.1, 0.15) is 57.4 Å². The third-order valence-electron chi connectivity index (χ3n) is 7.79. The maximum Gasteiger partial charge on any atom is -0.00987 e. The third-order valence-corrected chi connectivity index (χ3v) is 7.79. The van der Waals surface area contributed by atoms with E-state index in [2.05, 4.69) is 97.9 Å². The molecule has 0 atom stereocenters. The van der Waals surface area contributed by atoms with Gasteiger partial charge in [-0.2, -0.15) is 0 Å². The maximum absolute atomic E-state index is 2.42. The van der Waals surface area contributed by atoms with Crippen LogP contribution in [-0.4, -0.2) is 0 Å². The van der Waals surface area contributed by atoms with Gasteiger partial charge in [0, 0.05) is 0 Å². The molecule has 0 aliphatic carbocycles. The zero-order chi connectivity index (χ0) is 23.6. The van der Waals surface area contributed by atoms with Crippen LogP contribution in [0.15, 0.2) is 91.0 Å². The maximum atomic E-state index is 2.42. The van der Waals surface area contributed by atoms with Crippen molar-refractivity contribution in [2.45, 2.75) is 58.3 Å². The summed E-state index contributed by atoms with van der Waals surface area (Å²) < 4.78 is 0. The summed E-state index contributed by atoms with van der Waals surface area (Å²) in [5.74, 6) is 0. The molecule has 6 aromatic carbocycles. The molecule has 0 heteroatoms. The lowest BCUT2D eigenvalue weighted by molar-refractivity contribution is 0.589. The molecule has 0 amide bonds. The number of hydrogen-bond donors (Lipinski definition) is 0. The van der Waals surface area contributed by atoms with Gasteiger partial charge in [0.25, 0.3) is 0 Å². The standard InChI is InChI=1S/C35H34/c1-2-3-4-5-6-7-8-11-25-14-15-28-24-35-30(22-31(28)20-25)17-19-32-33(35)18-16-29-21-26-12-9-10-13-27(26)23-34(29)32/h9-10,12-24H,2-8,11H2,1H3. The Hall–Kier alpha value is -3.38. The van der Waals surface area contributed by atoms with Crippen LogP contribution >= 0.6 is 0 Å². The molecule has 0 aliphatic rings. The molecule has 6 aromatic rings. The fourth-order valence-electron chi connectivity index (χ4n) is 5.80. The van der Waals surface area contributed by atoms with Crippen molar-refractivity contribution in [2.24, 2.45) is 0 Å². The quantitative estimate of drug-likeness (QED) is 0.122. The summed E-state index contributed by atoms with van der Waals surface area (Å²) in [6.45, 7) is 2.29. The number of unbranched alkanes of at least 4 members (excludes halogenated alkanes) is 6. The van der Waals surface area contributed by atoms with Gasteiger partial charge in [0.1, 0.15) is 0 Å². The number of benzene rings is 6. The van der Waals surface area contributed by atoms with Crippen molar-refractivity contribution in [1.29, 1.82) is 0 Å². The molecule has 6 rings (SSSR count). The summed E-state index contributed by atoms with van der Waals surface area (Å²) in [4.78, 5) is 0. The van der Waals surface area contributed by atoms with Crippen LogP contribution in [0.2, 0.25) is 0 Å². The van der Waals surface area contributed by atoms with Gasteiger partial charge in [0.05, 0.1) is 0 Å². The van der Waals surface area contributed by atoms with E-state index in [1.54, 1.807) is 0 Å². The zero-order valence-electron chi connectivity index (χ0n) is 20.8. The second-order valence-electron chi connectivity index (χ2n) is 10.3. The number of aryl methyl sites for hydroxylation is 1. The predicted molar refractivity (Wildman–Crippen MR) is 156 cm³/mol. The average molecular weight is 455 g/mol. The normalized spacial score (nSPS) is 11.9. The van der Waals surface area contributed by atoms with E-state index in [1.165, 1.54) is 111 Å². The van der Waals surface area contributed by atoms with Gasteiger partial charge in [-0.15, -0.1) is 0 Å². The fraction of sp³-hybridized carbons (Fsp3) is 0.257. The highest BCUT2D eigenvalue weighted by atomic mass is 14.1. The minimum absolute atomic E-state index is 1.19. The van der Waals surface area contributed by atoms with Crippen molar-refractivity contribution in [1.82, 2.24) is 0 Å². The molecule has 0 unspecified atom stereocenters. The topological polar surface area (TPSA) is 0 Å². The molecular formula is C35H34. The molecule has 0 N–H and O–H groups in total. The van der Waals surface area contributed by atoms with E-state index in [9.17, 15) is 0 Å². The Kier molecular flexibility index (Phi) is 6.13. The molecule has 0 saturated carbocycles. The summed E-state index contributed by atoms with van der Waals surface area (Å²) >= 11 is 0. The lowest BCUT2D eigenvalue weighted by Crippen LogP contribution is -1.88. The Labute approximate surface area is 208 Å². The van der Waals surface area contributed by atoms with Gasteiger partial charge in [-0.1, -0.05) is 112 Å². The second kappa shape index (κ2) is 9.70. The van der Waals surface area contributed by atoms with Gasteiger partial charge in [-0.25, -0.2) is 0 Å². The van der Waals surface area contributed by atoms with Crippen LogP contribution in [0.5, 0.6) is 0 Å². The van der Waals surface area contributed by atoms with Crippen molar-refractivity contribution in [2.75, 3.05) is 0 Å². The fourth-order valence-corrected chi connectivity index (χ4v) is 5.80. The summed E-state index contributed by atoms with van der Waals surface area (Å²) in [6, 6.07) is 34.5. The smallest absolute Gasteiger partial charge is 0.00987 e. The molecule has 0 saturated heterocycles. The molecule has 174 valence electrons. The number of fused-ring (bicyclic) bond motifs is 7. The highest BCUT2D eigenvalue weighted by Crippen LogP contribution is 2.35. The van der Waals surface area contributed by atoms with E-state index in [0.717, 1.165) is 0 Å². The van der Waals surface area contributed by atoms with Crippen molar-refractivity contribution in [3.05, 3.63) is 96.6 Å².